The average molecular weight is 260 g/mol. The van der Waals surface area contributed by atoms with Crippen molar-refractivity contribution in [2.24, 2.45) is 11.8 Å². The molecule has 106 valence electrons. The van der Waals surface area contributed by atoms with E-state index in [4.69, 9.17) is 4.98 Å². The molecule has 0 N–H and O–H groups in total. The quantitative estimate of drug-likeness (QED) is 0.753. The molecule has 2 rings (SSSR count). The summed E-state index contributed by atoms with van der Waals surface area (Å²) in [5, 5.41) is 0. The van der Waals surface area contributed by atoms with Gasteiger partial charge in [-0.3, -0.25) is 0 Å². The van der Waals surface area contributed by atoms with Gasteiger partial charge in [0.15, 0.2) is 0 Å². The Bertz CT molecular complexity index is 435. The molecule has 2 heteroatoms. The highest BCUT2D eigenvalue weighted by atomic mass is 15.2. The number of rotatable bonds is 1. The average Bonchev–Trinajstić information content (AvgIpc) is 2.25. The van der Waals surface area contributed by atoms with Gasteiger partial charge >= 0.3 is 0 Å². The monoisotopic (exact) mass is 260 g/mol. The van der Waals surface area contributed by atoms with Crippen LogP contribution in [0, 0.1) is 18.8 Å². The molecule has 2 atom stereocenters. The van der Waals surface area contributed by atoms with E-state index < -0.39 is 0 Å². The van der Waals surface area contributed by atoms with E-state index >= 15 is 0 Å². The van der Waals surface area contributed by atoms with Gasteiger partial charge in [-0.05, 0) is 42.2 Å². The highest BCUT2D eigenvalue weighted by Crippen LogP contribution is 2.29. The number of hydrogen-bond donors (Lipinski definition) is 0. The Morgan fingerprint density at radius 3 is 2.16 bits per heavy atom. The molecule has 1 aliphatic heterocycles. The van der Waals surface area contributed by atoms with Crippen LogP contribution in [-0.2, 0) is 5.41 Å². The molecule has 1 aliphatic rings. The first-order valence-corrected chi connectivity index (χ1v) is 7.50. The Morgan fingerprint density at radius 1 is 1.11 bits per heavy atom. The zero-order chi connectivity index (χ0) is 14.2. The standard InChI is InChI=1S/C17H28N2/c1-12-9-13(2)11-19(10-12)16-8-7-15(14(3)18-16)17(4,5)6/h7-8,12-13H,9-11H2,1-6H3. The van der Waals surface area contributed by atoms with Gasteiger partial charge in [0.2, 0.25) is 0 Å². The van der Waals surface area contributed by atoms with Crippen LogP contribution in [0.2, 0.25) is 0 Å². The summed E-state index contributed by atoms with van der Waals surface area (Å²) in [6, 6.07) is 4.47. The lowest BCUT2D eigenvalue weighted by Crippen LogP contribution is -2.39. The second-order valence-electron chi connectivity index (χ2n) is 7.40. The Kier molecular flexibility index (Phi) is 3.89. The summed E-state index contributed by atoms with van der Waals surface area (Å²) in [6.07, 6.45) is 1.34. The van der Waals surface area contributed by atoms with Crippen molar-refractivity contribution in [3.8, 4) is 0 Å². The van der Waals surface area contributed by atoms with Crippen molar-refractivity contribution in [3.05, 3.63) is 23.4 Å². The molecule has 2 heterocycles. The second-order valence-corrected chi connectivity index (χ2v) is 7.40. The first kappa shape index (κ1) is 14.4. The van der Waals surface area contributed by atoms with E-state index in [0.717, 1.165) is 30.7 Å². The lowest BCUT2D eigenvalue weighted by molar-refractivity contribution is 0.355. The van der Waals surface area contributed by atoms with Gasteiger partial charge in [0.1, 0.15) is 5.82 Å². The summed E-state index contributed by atoms with van der Waals surface area (Å²) in [5.41, 5.74) is 2.71. The predicted octanol–water partition coefficient (Wildman–Crippen LogP) is 4.17. The van der Waals surface area contributed by atoms with Crippen molar-refractivity contribution in [2.75, 3.05) is 18.0 Å². The normalized spacial score (nSPS) is 24.6. The molecular formula is C17H28N2. The van der Waals surface area contributed by atoms with Gasteiger partial charge < -0.3 is 4.90 Å². The maximum Gasteiger partial charge on any atom is 0.128 e. The van der Waals surface area contributed by atoms with Crippen LogP contribution in [0.5, 0.6) is 0 Å². The molecule has 1 aromatic rings. The fraction of sp³-hybridized carbons (Fsp3) is 0.706. The molecule has 0 aliphatic carbocycles. The fourth-order valence-electron chi connectivity index (χ4n) is 3.37. The summed E-state index contributed by atoms with van der Waals surface area (Å²) >= 11 is 0. The molecule has 1 saturated heterocycles. The van der Waals surface area contributed by atoms with Crippen LogP contribution in [0.3, 0.4) is 0 Å². The first-order chi connectivity index (χ1) is 8.77. The zero-order valence-electron chi connectivity index (χ0n) is 13.3. The van der Waals surface area contributed by atoms with E-state index in [1.165, 1.54) is 17.7 Å². The molecule has 0 aromatic carbocycles. The fourth-order valence-corrected chi connectivity index (χ4v) is 3.37. The molecule has 0 spiro atoms. The van der Waals surface area contributed by atoms with E-state index in [9.17, 15) is 0 Å². The Balaban J connectivity index is 2.25. The predicted molar refractivity (Wildman–Crippen MR) is 82.8 cm³/mol. The van der Waals surface area contributed by atoms with E-state index in [1.807, 2.05) is 0 Å². The molecule has 1 fully saturated rings. The van der Waals surface area contributed by atoms with Gasteiger partial charge in [-0.1, -0.05) is 40.7 Å². The molecule has 2 nitrogen and oxygen atoms in total. The second kappa shape index (κ2) is 5.15. The van der Waals surface area contributed by atoms with Gasteiger partial charge in [0, 0.05) is 18.8 Å². The highest BCUT2D eigenvalue weighted by Gasteiger charge is 2.24. The van der Waals surface area contributed by atoms with Gasteiger partial charge in [0.25, 0.3) is 0 Å². The summed E-state index contributed by atoms with van der Waals surface area (Å²) in [6.45, 7) is 15.9. The maximum absolute atomic E-state index is 4.86. The van der Waals surface area contributed by atoms with Crippen molar-refractivity contribution < 1.29 is 0 Å². The molecular weight excluding hydrogens is 232 g/mol. The number of anilines is 1. The maximum atomic E-state index is 4.86. The van der Waals surface area contributed by atoms with E-state index in [2.05, 4.69) is 58.6 Å². The van der Waals surface area contributed by atoms with E-state index in [0.29, 0.717) is 0 Å². The summed E-state index contributed by atoms with van der Waals surface area (Å²) in [4.78, 5) is 7.31. The third-order valence-corrected chi connectivity index (χ3v) is 4.07. The number of aromatic nitrogens is 1. The summed E-state index contributed by atoms with van der Waals surface area (Å²) in [7, 11) is 0. The lowest BCUT2D eigenvalue weighted by atomic mass is 9.86. The van der Waals surface area contributed by atoms with Crippen molar-refractivity contribution >= 4 is 5.82 Å². The largest absolute Gasteiger partial charge is 0.356 e. The molecule has 2 unspecified atom stereocenters. The van der Waals surface area contributed by atoms with Crippen LogP contribution in [0.25, 0.3) is 0 Å². The zero-order valence-corrected chi connectivity index (χ0v) is 13.3. The lowest BCUT2D eigenvalue weighted by Gasteiger charge is -2.36. The third kappa shape index (κ3) is 3.29. The Labute approximate surface area is 118 Å². The van der Waals surface area contributed by atoms with Gasteiger partial charge in [-0.25, -0.2) is 4.98 Å². The Hall–Kier alpha value is -1.05. The van der Waals surface area contributed by atoms with E-state index in [1.54, 1.807) is 0 Å². The minimum Gasteiger partial charge on any atom is -0.356 e. The number of nitrogens with zero attached hydrogens (tertiary/aromatic N) is 2. The minimum absolute atomic E-state index is 0.179. The molecule has 0 radical (unpaired) electrons. The van der Waals surface area contributed by atoms with Gasteiger partial charge in [0.05, 0.1) is 0 Å². The van der Waals surface area contributed by atoms with Crippen molar-refractivity contribution in [1.29, 1.82) is 0 Å². The van der Waals surface area contributed by atoms with Crippen LogP contribution in [0.4, 0.5) is 5.82 Å². The SMILES string of the molecule is Cc1nc(N2CC(C)CC(C)C2)ccc1C(C)(C)C. The minimum atomic E-state index is 0.179. The van der Waals surface area contributed by atoms with Crippen molar-refractivity contribution in [2.45, 2.75) is 53.4 Å². The summed E-state index contributed by atoms with van der Waals surface area (Å²) in [5.74, 6) is 2.70. The number of hydrogen-bond acceptors (Lipinski definition) is 2. The third-order valence-electron chi connectivity index (χ3n) is 4.07. The Morgan fingerprint density at radius 2 is 1.68 bits per heavy atom. The topological polar surface area (TPSA) is 16.1 Å². The smallest absolute Gasteiger partial charge is 0.128 e. The molecule has 0 amide bonds. The molecule has 0 saturated carbocycles. The number of aryl methyl sites for hydroxylation is 1. The molecule has 0 bridgehead atoms. The number of pyridine rings is 1. The van der Waals surface area contributed by atoms with Crippen LogP contribution >= 0.6 is 0 Å². The highest BCUT2D eigenvalue weighted by molar-refractivity contribution is 5.43. The van der Waals surface area contributed by atoms with Crippen LogP contribution in [-0.4, -0.2) is 18.1 Å². The van der Waals surface area contributed by atoms with Crippen LogP contribution in [0.15, 0.2) is 12.1 Å². The van der Waals surface area contributed by atoms with Crippen LogP contribution < -0.4 is 4.90 Å². The summed E-state index contributed by atoms with van der Waals surface area (Å²) < 4.78 is 0. The van der Waals surface area contributed by atoms with Crippen LogP contribution in [0.1, 0.15) is 52.3 Å². The first-order valence-electron chi connectivity index (χ1n) is 7.50. The number of piperidine rings is 1. The molecule has 1 aromatic heterocycles. The van der Waals surface area contributed by atoms with Gasteiger partial charge in [-0.2, -0.15) is 0 Å². The van der Waals surface area contributed by atoms with Crippen molar-refractivity contribution in [3.63, 3.8) is 0 Å². The van der Waals surface area contributed by atoms with E-state index in [-0.39, 0.29) is 5.41 Å². The van der Waals surface area contributed by atoms with Crippen molar-refractivity contribution in [1.82, 2.24) is 4.98 Å². The molecule has 19 heavy (non-hydrogen) atoms. The van der Waals surface area contributed by atoms with Gasteiger partial charge in [-0.15, -0.1) is 0 Å².